The summed E-state index contributed by atoms with van der Waals surface area (Å²) in [6.45, 7) is 3.42. The highest BCUT2D eigenvalue weighted by Crippen LogP contribution is 2.21. The van der Waals surface area contributed by atoms with E-state index in [4.69, 9.17) is 0 Å². The Labute approximate surface area is 90.4 Å². The highest BCUT2D eigenvalue weighted by atomic mass is 79.9. The summed E-state index contributed by atoms with van der Waals surface area (Å²) in [5.74, 6) is 0.518. The third-order valence-corrected chi connectivity index (χ3v) is 2.91. The fourth-order valence-corrected chi connectivity index (χ4v) is 2.13. The molecule has 0 saturated carbocycles. The zero-order valence-electron chi connectivity index (χ0n) is 7.00. The van der Waals surface area contributed by atoms with E-state index >= 15 is 0 Å². The summed E-state index contributed by atoms with van der Waals surface area (Å²) >= 11 is 4.88. The number of hydrogen-bond donors (Lipinski definition) is 0. The lowest BCUT2D eigenvalue weighted by Gasteiger charge is -1.98. The Balaban J connectivity index is 2.54. The normalized spacial score (nSPS) is 9.62. The van der Waals surface area contributed by atoms with Gasteiger partial charge in [-0.3, -0.25) is 4.79 Å². The lowest BCUT2D eigenvalue weighted by molar-refractivity contribution is -0.112. The number of halogens is 1. The monoisotopic (exact) mass is 256 g/mol. The first-order chi connectivity index (χ1) is 6.22. The summed E-state index contributed by atoms with van der Waals surface area (Å²) in [7, 11) is 0. The van der Waals surface area contributed by atoms with Crippen LogP contribution in [0.3, 0.4) is 0 Å². The Bertz CT molecular complexity index is 322. The predicted molar refractivity (Wildman–Crippen MR) is 60.1 cm³/mol. The number of carbonyl (C=O) groups excluding carboxylic acids is 1. The number of allylic oxidation sites excluding steroid dienone is 1. The first kappa shape index (κ1) is 10.5. The van der Waals surface area contributed by atoms with Gasteiger partial charge in [0.1, 0.15) is 0 Å². The number of carbonyl (C=O) groups is 1. The van der Waals surface area contributed by atoms with Crippen LogP contribution in [-0.2, 0) is 4.79 Å². The van der Waals surface area contributed by atoms with Crippen LogP contribution in [0.15, 0.2) is 46.3 Å². The molecule has 0 bridgehead atoms. The average molecular weight is 257 g/mol. The van der Waals surface area contributed by atoms with Gasteiger partial charge in [0.25, 0.3) is 0 Å². The zero-order chi connectivity index (χ0) is 9.68. The number of thioether (sulfide) groups is 1. The topological polar surface area (TPSA) is 17.1 Å². The van der Waals surface area contributed by atoms with Gasteiger partial charge in [-0.15, -0.1) is 11.8 Å². The van der Waals surface area contributed by atoms with Crippen LogP contribution in [-0.4, -0.2) is 11.5 Å². The minimum atomic E-state index is 0.0602. The van der Waals surface area contributed by atoms with E-state index in [1.807, 2.05) is 24.3 Å². The smallest absolute Gasteiger partial charge is 0.165 e. The fraction of sp³-hybridized carbons (Fsp3) is 0.100. The van der Waals surface area contributed by atoms with Crippen LogP contribution in [0.25, 0.3) is 0 Å². The quantitative estimate of drug-likeness (QED) is 0.608. The lowest BCUT2D eigenvalue weighted by atomic mass is 10.4. The Morgan fingerprint density at radius 3 is 3.00 bits per heavy atom. The number of ketones is 1. The molecular weight excluding hydrogens is 248 g/mol. The Morgan fingerprint density at radius 2 is 2.38 bits per heavy atom. The maximum Gasteiger partial charge on any atom is 0.165 e. The summed E-state index contributed by atoms with van der Waals surface area (Å²) < 4.78 is 1.03. The van der Waals surface area contributed by atoms with Gasteiger partial charge in [0, 0.05) is 9.37 Å². The van der Waals surface area contributed by atoms with Gasteiger partial charge in [-0.05, 0) is 24.3 Å². The van der Waals surface area contributed by atoms with Crippen molar-refractivity contribution >= 4 is 33.5 Å². The summed E-state index contributed by atoms with van der Waals surface area (Å²) in [5, 5.41) is 0. The molecule has 0 saturated heterocycles. The summed E-state index contributed by atoms with van der Waals surface area (Å²) in [4.78, 5) is 12.0. The molecule has 0 fully saturated rings. The van der Waals surface area contributed by atoms with Crippen molar-refractivity contribution in [1.29, 1.82) is 0 Å². The van der Waals surface area contributed by atoms with Crippen LogP contribution in [0.1, 0.15) is 0 Å². The van der Waals surface area contributed by atoms with Gasteiger partial charge in [0.05, 0.1) is 5.75 Å². The van der Waals surface area contributed by atoms with Crippen LogP contribution in [0.4, 0.5) is 0 Å². The van der Waals surface area contributed by atoms with Crippen LogP contribution >= 0.6 is 27.7 Å². The second kappa shape index (κ2) is 5.25. The van der Waals surface area contributed by atoms with Crippen molar-refractivity contribution < 1.29 is 4.79 Å². The van der Waals surface area contributed by atoms with Gasteiger partial charge in [0.15, 0.2) is 5.78 Å². The highest BCUT2D eigenvalue weighted by Gasteiger charge is 1.98. The third kappa shape index (κ3) is 3.79. The number of benzene rings is 1. The standard InChI is InChI=1S/C10H9BrOS/c1-2-9(12)7-13-10-5-3-4-8(11)6-10/h2-6H,1,7H2. The van der Waals surface area contributed by atoms with Crippen LogP contribution in [0.2, 0.25) is 0 Å². The summed E-state index contributed by atoms with van der Waals surface area (Å²) in [6, 6.07) is 7.87. The molecule has 0 atom stereocenters. The maximum absolute atomic E-state index is 10.9. The minimum absolute atomic E-state index is 0.0602. The first-order valence-corrected chi connectivity index (χ1v) is 5.54. The van der Waals surface area contributed by atoms with Crippen molar-refractivity contribution in [3.63, 3.8) is 0 Å². The summed E-state index contributed by atoms with van der Waals surface area (Å²) in [5.41, 5.74) is 0. The van der Waals surface area contributed by atoms with Crippen LogP contribution in [0, 0.1) is 0 Å². The Hall–Kier alpha value is -0.540. The largest absolute Gasteiger partial charge is 0.294 e. The lowest BCUT2D eigenvalue weighted by Crippen LogP contribution is -1.94. The molecule has 1 aromatic carbocycles. The molecule has 0 aliphatic heterocycles. The molecule has 1 nitrogen and oxygen atoms in total. The fourth-order valence-electron chi connectivity index (χ4n) is 0.770. The number of rotatable bonds is 4. The van der Waals surface area contributed by atoms with Gasteiger partial charge in [-0.25, -0.2) is 0 Å². The van der Waals surface area contributed by atoms with E-state index in [0.29, 0.717) is 5.75 Å². The molecule has 0 radical (unpaired) electrons. The van der Waals surface area contributed by atoms with E-state index in [2.05, 4.69) is 22.5 Å². The molecule has 3 heteroatoms. The number of hydrogen-bond acceptors (Lipinski definition) is 2. The molecule has 68 valence electrons. The summed E-state index contributed by atoms with van der Waals surface area (Å²) in [6.07, 6.45) is 1.35. The predicted octanol–water partition coefficient (Wildman–Crippen LogP) is 3.30. The molecule has 0 spiro atoms. The van der Waals surface area contributed by atoms with E-state index in [1.54, 1.807) is 0 Å². The van der Waals surface area contributed by atoms with E-state index < -0.39 is 0 Å². The van der Waals surface area contributed by atoms with Crippen molar-refractivity contribution in [3.8, 4) is 0 Å². The average Bonchev–Trinajstić information content (AvgIpc) is 2.14. The molecule has 1 aromatic rings. The van der Waals surface area contributed by atoms with Crippen molar-refractivity contribution in [3.05, 3.63) is 41.4 Å². The second-order valence-corrected chi connectivity index (χ2v) is 4.38. The molecule has 0 heterocycles. The molecular formula is C10H9BrOS. The molecule has 0 unspecified atom stereocenters. The van der Waals surface area contributed by atoms with Crippen molar-refractivity contribution in [2.45, 2.75) is 4.90 Å². The van der Waals surface area contributed by atoms with Gasteiger partial charge < -0.3 is 0 Å². The first-order valence-electron chi connectivity index (χ1n) is 3.76. The second-order valence-electron chi connectivity index (χ2n) is 2.42. The van der Waals surface area contributed by atoms with Crippen LogP contribution in [0.5, 0.6) is 0 Å². The Kier molecular flexibility index (Phi) is 4.25. The minimum Gasteiger partial charge on any atom is -0.294 e. The van der Waals surface area contributed by atoms with Crippen molar-refractivity contribution in [1.82, 2.24) is 0 Å². The maximum atomic E-state index is 10.9. The van der Waals surface area contributed by atoms with E-state index in [0.717, 1.165) is 9.37 Å². The van der Waals surface area contributed by atoms with Gasteiger partial charge in [0.2, 0.25) is 0 Å². The molecule has 0 aromatic heterocycles. The Morgan fingerprint density at radius 1 is 1.62 bits per heavy atom. The van der Waals surface area contributed by atoms with E-state index in [9.17, 15) is 4.79 Å². The van der Waals surface area contributed by atoms with Crippen molar-refractivity contribution in [2.75, 3.05) is 5.75 Å². The highest BCUT2D eigenvalue weighted by molar-refractivity contribution is 9.10. The van der Waals surface area contributed by atoms with Gasteiger partial charge in [-0.1, -0.05) is 28.6 Å². The van der Waals surface area contributed by atoms with E-state index in [1.165, 1.54) is 17.8 Å². The van der Waals surface area contributed by atoms with Crippen molar-refractivity contribution in [2.24, 2.45) is 0 Å². The van der Waals surface area contributed by atoms with Gasteiger partial charge in [-0.2, -0.15) is 0 Å². The SMILES string of the molecule is C=CC(=O)CSc1cccc(Br)c1. The third-order valence-electron chi connectivity index (χ3n) is 1.40. The van der Waals surface area contributed by atoms with Crippen LogP contribution < -0.4 is 0 Å². The zero-order valence-corrected chi connectivity index (χ0v) is 9.40. The molecule has 0 aliphatic rings. The van der Waals surface area contributed by atoms with Gasteiger partial charge >= 0.3 is 0 Å². The molecule has 13 heavy (non-hydrogen) atoms. The molecule has 0 N–H and O–H groups in total. The molecule has 0 aliphatic carbocycles. The molecule has 1 rings (SSSR count). The molecule has 0 amide bonds. The van der Waals surface area contributed by atoms with E-state index in [-0.39, 0.29) is 5.78 Å².